The topological polar surface area (TPSA) is 79.4 Å². The van der Waals surface area contributed by atoms with Crippen LogP contribution in [-0.2, 0) is 14.8 Å². The first kappa shape index (κ1) is 21.8. The quantitative estimate of drug-likeness (QED) is 0.519. The van der Waals surface area contributed by atoms with Crippen molar-refractivity contribution < 1.29 is 13.2 Å². The van der Waals surface area contributed by atoms with Crippen molar-refractivity contribution in [1.82, 2.24) is 9.29 Å². The second kappa shape index (κ2) is 9.27. The Labute approximate surface area is 183 Å². The molecule has 0 spiro atoms. The summed E-state index contributed by atoms with van der Waals surface area (Å²) in [6.07, 6.45) is 0. The zero-order valence-corrected chi connectivity index (χ0v) is 18.8. The van der Waals surface area contributed by atoms with E-state index in [0.717, 1.165) is 19.9 Å². The van der Waals surface area contributed by atoms with Crippen LogP contribution in [0.1, 0.15) is 0 Å². The van der Waals surface area contributed by atoms with Crippen LogP contribution in [0.4, 0.5) is 5.69 Å². The number of hydrogen-bond acceptors (Lipinski definition) is 6. The molecule has 0 aliphatic heterocycles. The molecule has 0 aliphatic rings. The van der Waals surface area contributed by atoms with E-state index in [1.54, 1.807) is 0 Å². The smallest absolute Gasteiger partial charge is 0.242 e. The molecule has 29 heavy (non-hydrogen) atoms. The number of carbonyl (C=O) groups is 1. The number of nitrogens with one attached hydrogen (secondary N) is 1. The van der Waals surface area contributed by atoms with Crippen molar-refractivity contribution in [2.75, 3.05) is 25.2 Å². The van der Waals surface area contributed by atoms with E-state index in [-0.39, 0.29) is 27.3 Å². The molecule has 1 aromatic heterocycles. The summed E-state index contributed by atoms with van der Waals surface area (Å²) in [5.74, 6) is -0.171. The normalized spacial score (nSPS) is 11.6. The molecule has 0 aliphatic carbocycles. The van der Waals surface area contributed by atoms with E-state index in [0.29, 0.717) is 0 Å². The van der Waals surface area contributed by atoms with Crippen molar-refractivity contribution >= 4 is 56.3 Å². The van der Waals surface area contributed by atoms with E-state index in [1.165, 1.54) is 55.4 Å². The highest BCUT2D eigenvalue weighted by molar-refractivity contribution is 8.01. The van der Waals surface area contributed by atoms with Gasteiger partial charge in [0.15, 0.2) is 4.34 Å². The van der Waals surface area contributed by atoms with E-state index in [2.05, 4.69) is 10.3 Å². The second-order valence-corrected chi connectivity index (χ2v) is 10.8. The first-order valence-electron chi connectivity index (χ1n) is 8.43. The summed E-state index contributed by atoms with van der Waals surface area (Å²) in [6, 6.07) is 14.0. The van der Waals surface area contributed by atoms with Gasteiger partial charge in [0, 0.05) is 25.0 Å². The zero-order valence-electron chi connectivity index (χ0n) is 15.6. The standard InChI is InChI=1S/C19H18ClN3O3S3/c1-23(2)29(25,26)14-8-9-15(20)16(10-14)21-18(24)12-28-19-22-17(11-27-19)13-6-4-3-5-7-13/h3-11H,12H2,1-2H3,(H,21,24). The molecule has 0 saturated carbocycles. The number of hydrogen-bond donors (Lipinski definition) is 1. The van der Waals surface area contributed by atoms with Gasteiger partial charge in [0.05, 0.1) is 27.1 Å². The second-order valence-electron chi connectivity index (χ2n) is 6.13. The third-order valence-electron chi connectivity index (χ3n) is 3.87. The van der Waals surface area contributed by atoms with Crippen LogP contribution in [0.25, 0.3) is 11.3 Å². The fourth-order valence-electron chi connectivity index (χ4n) is 2.35. The fourth-order valence-corrected chi connectivity index (χ4v) is 5.08. The molecule has 10 heteroatoms. The largest absolute Gasteiger partial charge is 0.324 e. The van der Waals surface area contributed by atoms with Gasteiger partial charge < -0.3 is 5.32 Å². The van der Waals surface area contributed by atoms with Crippen LogP contribution in [0, 0.1) is 0 Å². The predicted molar refractivity (Wildman–Crippen MR) is 119 cm³/mol. The Morgan fingerprint density at radius 2 is 1.93 bits per heavy atom. The molecule has 0 bridgehead atoms. The van der Waals surface area contributed by atoms with Gasteiger partial charge in [0.25, 0.3) is 0 Å². The molecule has 3 aromatic rings. The average molecular weight is 468 g/mol. The molecular weight excluding hydrogens is 450 g/mol. The fraction of sp³-hybridized carbons (Fsp3) is 0.158. The molecular formula is C19H18ClN3O3S3. The van der Waals surface area contributed by atoms with Gasteiger partial charge in [-0.05, 0) is 18.2 Å². The molecule has 0 unspecified atom stereocenters. The maximum atomic E-state index is 12.3. The van der Waals surface area contributed by atoms with Crippen molar-refractivity contribution in [3.05, 3.63) is 58.9 Å². The molecule has 152 valence electrons. The van der Waals surface area contributed by atoms with Crippen molar-refractivity contribution in [2.45, 2.75) is 9.24 Å². The monoisotopic (exact) mass is 467 g/mol. The number of amides is 1. The maximum absolute atomic E-state index is 12.3. The summed E-state index contributed by atoms with van der Waals surface area (Å²) in [6.45, 7) is 0. The molecule has 1 amide bonds. The average Bonchev–Trinajstić information content (AvgIpc) is 3.17. The van der Waals surface area contributed by atoms with E-state index in [1.807, 2.05) is 35.7 Å². The molecule has 1 heterocycles. The Morgan fingerprint density at radius 1 is 1.21 bits per heavy atom. The summed E-state index contributed by atoms with van der Waals surface area (Å²) < 4.78 is 26.4. The predicted octanol–water partition coefficient (Wildman–Crippen LogP) is 4.44. The van der Waals surface area contributed by atoms with Crippen LogP contribution in [0.5, 0.6) is 0 Å². The van der Waals surface area contributed by atoms with Crippen molar-refractivity contribution in [3.63, 3.8) is 0 Å². The van der Waals surface area contributed by atoms with Gasteiger partial charge >= 0.3 is 0 Å². The number of nitrogens with zero attached hydrogens (tertiary/aromatic N) is 2. The lowest BCUT2D eigenvalue weighted by Crippen LogP contribution is -2.22. The Kier molecular flexibility index (Phi) is 6.97. The minimum atomic E-state index is -3.62. The number of benzene rings is 2. The first-order chi connectivity index (χ1) is 13.8. The summed E-state index contributed by atoms with van der Waals surface area (Å²) in [5, 5.41) is 4.88. The van der Waals surface area contributed by atoms with Crippen LogP contribution >= 0.6 is 34.7 Å². The SMILES string of the molecule is CN(C)S(=O)(=O)c1ccc(Cl)c(NC(=O)CSc2nc(-c3ccccc3)cs2)c1. The van der Waals surface area contributed by atoms with Gasteiger partial charge in [-0.25, -0.2) is 17.7 Å². The number of aromatic nitrogens is 1. The highest BCUT2D eigenvalue weighted by Crippen LogP contribution is 2.29. The molecule has 3 rings (SSSR count). The molecule has 0 radical (unpaired) electrons. The lowest BCUT2D eigenvalue weighted by Gasteiger charge is -2.13. The Balaban J connectivity index is 1.65. The first-order valence-corrected chi connectivity index (χ1v) is 12.1. The number of anilines is 1. The van der Waals surface area contributed by atoms with Crippen molar-refractivity contribution in [2.24, 2.45) is 0 Å². The van der Waals surface area contributed by atoms with Crippen molar-refractivity contribution in [3.8, 4) is 11.3 Å². The number of sulfonamides is 1. The summed E-state index contributed by atoms with van der Waals surface area (Å²) in [5.41, 5.74) is 2.14. The zero-order chi connectivity index (χ0) is 21.0. The number of carbonyl (C=O) groups excluding carboxylic acids is 1. The maximum Gasteiger partial charge on any atom is 0.242 e. The van der Waals surface area contributed by atoms with Gasteiger partial charge in [-0.15, -0.1) is 11.3 Å². The van der Waals surface area contributed by atoms with Gasteiger partial charge in [0.2, 0.25) is 15.9 Å². The third kappa shape index (κ3) is 5.37. The summed E-state index contributed by atoms with van der Waals surface area (Å²) >= 11 is 8.89. The van der Waals surface area contributed by atoms with Gasteiger partial charge in [-0.3, -0.25) is 4.79 Å². The molecule has 0 saturated heterocycles. The molecule has 0 atom stereocenters. The number of halogens is 1. The van der Waals surface area contributed by atoms with Gasteiger partial charge in [-0.2, -0.15) is 0 Å². The van der Waals surface area contributed by atoms with E-state index >= 15 is 0 Å². The van der Waals surface area contributed by atoms with Gasteiger partial charge in [-0.1, -0.05) is 53.7 Å². The molecule has 1 N–H and O–H groups in total. The summed E-state index contributed by atoms with van der Waals surface area (Å²) in [4.78, 5) is 16.9. The van der Waals surface area contributed by atoms with Crippen LogP contribution in [-0.4, -0.2) is 43.5 Å². The lowest BCUT2D eigenvalue weighted by molar-refractivity contribution is -0.113. The van der Waals surface area contributed by atoms with Crippen LogP contribution in [0.3, 0.4) is 0 Å². The highest BCUT2D eigenvalue weighted by atomic mass is 35.5. The Morgan fingerprint density at radius 3 is 2.62 bits per heavy atom. The minimum absolute atomic E-state index is 0.0577. The van der Waals surface area contributed by atoms with E-state index in [4.69, 9.17) is 11.6 Å². The summed E-state index contributed by atoms with van der Waals surface area (Å²) in [7, 11) is -0.739. The minimum Gasteiger partial charge on any atom is -0.324 e. The lowest BCUT2D eigenvalue weighted by atomic mass is 10.2. The highest BCUT2D eigenvalue weighted by Gasteiger charge is 2.19. The number of thioether (sulfide) groups is 1. The third-order valence-corrected chi connectivity index (χ3v) is 8.03. The molecule has 0 fully saturated rings. The van der Waals surface area contributed by atoms with E-state index in [9.17, 15) is 13.2 Å². The van der Waals surface area contributed by atoms with Crippen LogP contribution in [0.2, 0.25) is 5.02 Å². The molecule has 6 nitrogen and oxygen atoms in total. The Bertz CT molecular complexity index is 1120. The van der Waals surface area contributed by atoms with Crippen LogP contribution in [0.15, 0.2) is 63.1 Å². The van der Waals surface area contributed by atoms with Gasteiger partial charge in [0.1, 0.15) is 0 Å². The van der Waals surface area contributed by atoms with E-state index < -0.39 is 10.0 Å². The van der Waals surface area contributed by atoms with Crippen LogP contribution < -0.4 is 5.32 Å². The Hall–Kier alpha value is -1.91. The number of rotatable bonds is 7. The van der Waals surface area contributed by atoms with Crippen molar-refractivity contribution in [1.29, 1.82) is 0 Å². The number of thiazole rings is 1. The molecule has 2 aromatic carbocycles.